The minimum Gasteiger partial charge on any atom is -0.358 e. The molecule has 0 saturated carbocycles. The molecule has 56 valence electrons. The molecule has 1 fully saturated rings. The highest BCUT2D eigenvalue weighted by Crippen LogP contribution is 2.11. The monoisotopic (exact) mass is 140 g/mol. The molecular weight excluding hydrogens is 128 g/mol. The molecule has 2 aliphatic heterocycles. The van der Waals surface area contributed by atoms with Crippen LogP contribution in [0.1, 0.15) is 0 Å². The van der Waals surface area contributed by atoms with Gasteiger partial charge in [0.15, 0.2) is 0 Å². The molecular formula is C6H12N4. The molecule has 0 aromatic carbocycles. The van der Waals surface area contributed by atoms with Crippen molar-refractivity contribution in [2.45, 2.75) is 0 Å². The molecule has 1 saturated heterocycles. The third-order valence-electron chi connectivity index (χ3n) is 1.96. The molecule has 0 radical (unpaired) electrons. The molecule has 0 aliphatic carbocycles. The Kier molecular flexibility index (Phi) is 1.28. The summed E-state index contributed by atoms with van der Waals surface area (Å²) in [5, 5.41) is 5.01. The van der Waals surface area contributed by atoms with E-state index < -0.39 is 0 Å². The highest BCUT2D eigenvalue weighted by molar-refractivity contribution is 5.09. The molecule has 0 atom stereocenters. The summed E-state index contributed by atoms with van der Waals surface area (Å²) in [6.07, 6.45) is 2.00. The van der Waals surface area contributed by atoms with Crippen LogP contribution in [0.4, 0.5) is 0 Å². The van der Waals surface area contributed by atoms with Crippen LogP contribution in [0.2, 0.25) is 0 Å². The fourth-order valence-electron chi connectivity index (χ4n) is 1.37. The number of hydrazine groups is 1. The maximum atomic E-state index is 5.59. The first-order valence-corrected chi connectivity index (χ1v) is 3.54. The smallest absolute Gasteiger partial charge is 0.0683 e. The van der Waals surface area contributed by atoms with Crippen LogP contribution in [-0.4, -0.2) is 36.2 Å². The van der Waals surface area contributed by atoms with Crippen LogP contribution in [0.25, 0.3) is 0 Å². The van der Waals surface area contributed by atoms with Crippen LogP contribution in [0.3, 0.4) is 0 Å². The number of nitrogens with one attached hydrogen (secondary N) is 1. The molecule has 0 spiro atoms. The normalized spacial score (nSPS) is 24.7. The van der Waals surface area contributed by atoms with E-state index in [0.29, 0.717) is 0 Å². The highest BCUT2D eigenvalue weighted by Gasteiger charge is 2.19. The summed E-state index contributed by atoms with van der Waals surface area (Å²) in [5.41, 5.74) is 1.31. The Morgan fingerprint density at radius 2 is 2.40 bits per heavy atom. The average Bonchev–Trinajstić information content (AvgIpc) is 2.33. The number of nitrogens with zero attached hydrogens (tertiary/aromatic N) is 2. The first kappa shape index (κ1) is 6.00. The summed E-state index contributed by atoms with van der Waals surface area (Å²) in [6.45, 7) is 3.94. The lowest BCUT2D eigenvalue weighted by atomic mass is 10.3. The third kappa shape index (κ3) is 0.853. The average molecular weight is 140 g/mol. The van der Waals surface area contributed by atoms with Crippen molar-refractivity contribution in [2.75, 3.05) is 26.3 Å². The molecule has 0 aromatic heterocycles. The Morgan fingerprint density at radius 3 is 3.30 bits per heavy atom. The second kappa shape index (κ2) is 2.14. The number of nitrogens with two attached hydrogens (primary N) is 1. The Labute approximate surface area is 60.2 Å². The fraction of sp³-hybridized carbons (Fsp3) is 0.667. The maximum Gasteiger partial charge on any atom is 0.0683 e. The van der Waals surface area contributed by atoms with Gasteiger partial charge in [-0.25, -0.2) is 5.84 Å². The van der Waals surface area contributed by atoms with E-state index in [1.807, 2.05) is 6.20 Å². The quantitative estimate of drug-likeness (QED) is 0.418. The number of hydrogen-bond donors (Lipinski definition) is 2. The molecule has 2 heterocycles. The Bertz CT molecular complexity index is 165. The molecule has 4 nitrogen and oxygen atoms in total. The van der Waals surface area contributed by atoms with Gasteiger partial charge in [0.1, 0.15) is 0 Å². The minimum atomic E-state index is 0.936. The van der Waals surface area contributed by atoms with Gasteiger partial charge < -0.3 is 9.91 Å². The van der Waals surface area contributed by atoms with Crippen LogP contribution >= 0.6 is 0 Å². The van der Waals surface area contributed by atoms with Gasteiger partial charge in [-0.1, -0.05) is 0 Å². The lowest BCUT2D eigenvalue weighted by Crippen LogP contribution is -2.39. The highest BCUT2D eigenvalue weighted by atomic mass is 15.4. The van der Waals surface area contributed by atoms with Crippen molar-refractivity contribution in [1.29, 1.82) is 0 Å². The Morgan fingerprint density at radius 1 is 1.50 bits per heavy atom. The lowest BCUT2D eigenvalue weighted by molar-refractivity contribution is 0.265. The van der Waals surface area contributed by atoms with Crippen molar-refractivity contribution >= 4 is 0 Å². The Balaban J connectivity index is 2.16. The predicted molar refractivity (Wildman–Crippen MR) is 38.6 cm³/mol. The second-order valence-corrected chi connectivity index (χ2v) is 2.71. The zero-order valence-electron chi connectivity index (χ0n) is 5.88. The summed E-state index contributed by atoms with van der Waals surface area (Å²) in [7, 11) is 0. The predicted octanol–water partition coefficient (Wildman–Crippen LogP) is -1.12. The van der Waals surface area contributed by atoms with Gasteiger partial charge in [0.2, 0.25) is 0 Å². The van der Waals surface area contributed by atoms with Crippen LogP contribution in [0, 0.1) is 0 Å². The van der Waals surface area contributed by atoms with E-state index >= 15 is 0 Å². The molecule has 2 rings (SSSR count). The standard InChI is InChI=1S/C6H12N4/c7-10-2-1-9-5-8-3-6(9)4-10/h4,8H,1-3,5,7H2. The molecule has 2 aliphatic rings. The zero-order chi connectivity index (χ0) is 6.97. The summed E-state index contributed by atoms with van der Waals surface area (Å²) in [6, 6.07) is 0. The molecule has 10 heavy (non-hydrogen) atoms. The van der Waals surface area contributed by atoms with Crippen LogP contribution in [0.5, 0.6) is 0 Å². The zero-order valence-corrected chi connectivity index (χ0v) is 5.88. The summed E-state index contributed by atoms with van der Waals surface area (Å²) in [5.74, 6) is 5.59. The largest absolute Gasteiger partial charge is 0.358 e. The lowest BCUT2D eigenvalue weighted by Gasteiger charge is -2.28. The van der Waals surface area contributed by atoms with Crippen molar-refractivity contribution in [3.05, 3.63) is 11.9 Å². The first-order valence-electron chi connectivity index (χ1n) is 3.54. The molecule has 0 unspecified atom stereocenters. The fourth-order valence-corrected chi connectivity index (χ4v) is 1.37. The first-order chi connectivity index (χ1) is 4.86. The number of hydrogen-bond acceptors (Lipinski definition) is 4. The van der Waals surface area contributed by atoms with E-state index in [-0.39, 0.29) is 0 Å². The second-order valence-electron chi connectivity index (χ2n) is 2.71. The molecule has 0 amide bonds. The van der Waals surface area contributed by atoms with E-state index in [2.05, 4.69) is 10.2 Å². The van der Waals surface area contributed by atoms with Gasteiger partial charge in [-0.3, -0.25) is 5.32 Å². The van der Waals surface area contributed by atoms with Crippen LogP contribution in [0.15, 0.2) is 11.9 Å². The van der Waals surface area contributed by atoms with E-state index in [0.717, 1.165) is 26.3 Å². The summed E-state index contributed by atoms with van der Waals surface area (Å²) < 4.78 is 0. The van der Waals surface area contributed by atoms with Gasteiger partial charge in [-0.2, -0.15) is 0 Å². The maximum absolute atomic E-state index is 5.59. The van der Waals surface area contributed by atoms with Crippen LogP contribution in [-0.2, 0) is 0 Å². The van der Waals surface area contributed by atoms with Gasteiger partial charge >= 0.3 is 0 Å². The SMILES string of the molecule is NN1C=C2CNCN2CC1. The summed E-state index contributed by atoms with van der Waals surface area (Å²) in [4.78, 5) is 2.31. The van der Waals surface area contributed by atoms with Gasteiger partial charge in [-0.15, -0.1) is 0 Å². The molecule has 0 bridgehead atoms. The number of rotatable bonds is 0. The van der Waals surface area contributed by atoms with Crippen molar-refractivity contribution in [3.8, 4) is 0 Å². The van der Waals surface area contributed by atoms with Gasteiger partial charge in [-0.05, 0) is 0 Å². The topological polar surface area (TPSA) is 44.5 Å². The minimum absolute atomic E-state index is 0.936. The number of fused-ring (bicyclic) bond motifs is 1. The molecule has 0 aromatic rings. The van der Waals surface area contributed by atoms with E-state index in [1.165, 1.54) is 5.70 Å². The van der Waals surface area contributed by atoms with E-state index in [9.17, 15) is 0 Å². The summed E-state index contributed by atoms with van der Waals surface area (Å²) >= 11 is 0. The van der Waals surface area contributed by atoms with Crippen LogP contribution < -0.4 is 11.2 Å². The molecule has 3 N–H and O–H groups in total. The van der Waals surface area contributed by atoms with Crippen molar-refractivity contribution in [3.63, 3.8) is 0 Å². The van der Waals surface area contributed by atoms with E-state index in [4.69, 9.17) is 5.84 Å². The van der Waals surface area contributed by atoms with Gasteiger partial charge in [0.05, 0.1) is 13.2 Å². The van der Waals surface area contributed by atoms with Crippen molar-refractivity contribution < 1.29 is 0 Å². The van der Waals surface area contributed by atoms with Gasteiger partial charge in [0.25, 0.3) is 0 Å². The van der Waals surface area contributed by atoms with E-state index in [1.54, 1.807) is 5.01 Å². The van der Waals surface area contributed by atoms with Crippen molar-refractivity contribution in [1.82, 2.24) is 15.2 Å². The third-order valence-corrected chi connectivity index (χ3v) is 1.96. The van der Waals surface area contributed by atoms with Crippen molar-refractivity contribution in [2.24, 2.45) is 5.84 Å². The molecule has 4 heteroatoms. The van der Waals surface area contributed by atoms with Gasteiger partial charge in [0, 0.05) is 25.0 Å². The Hall–Kier alpha value is -0.740.